The lowest BCUT2D eigenvalue weighted by molar-refractivity contribution is -0.137. The van der Waals surface area contributed by atoms with Gasteiger partial charge in [0.2, 0.25) is 0 Å². The van der Waals surface area contributed by atoms with Crippen molar-refractivity contribution in [2.24, 2.45) is 11.1 Å². The van der Waals surface area contributed by atoms with Gasteiger partial charge in [-0.05, 0) is 42.9 Å². The van der Waals surface area contributed by atoms with Crippen molar-refractivity contribution in [3.8, 4) is 0 Å². The number of alkyl halides is 3. The fourth-order valence-corrected chi connectivity index (χ4v) is 2.90. The van der Waals surface area contributed by atoms with Crippen LogP contribution in [0.3, 0.4) is 0 Å². The van der Waals surface area contributed by atoms with Gasteiger partial charge >= 0.3 is 6.18 Å². The molecule has 1 fully saturated rings. The summed E-state index contributed by atoms with van der Waals surface area (Å²) in [6.07, 6.45) is 0.179. The number of hydrogen-bond donors (Lipinski definition) is 2. The molecule has 116 valence electrons. The molecule has 0 spiro atoms. The van der Waals surface area contributed by atoms with Crippen LogP contribution in [0.15, 0.2) is 18.2 Å². The van der Waals surface area contributed by atoms with Crippen molar-refractivity contribution >= 4 is 22.9 Å². The highest BCUT2D eigenvalue weighted by Gasteiger charge is 2.36. The Morgan fingerprint density at radius 3 is 2.48 bits per heavy atom. The zero-order chi connectivity index (χ0) is 15.7. The number of nitrogens with one attached hydrogen (secondary N) is 1. The van der Waals surface area contributed by atoms with Gasteiger partial charge in [0.15, 0.2) is 0 Å². The molecule has 1 saturated carbocycles. The molecule has 0 amide bonds. The van der Waals surface area contributed by atoms with Crippen molar-refractivity contribution in [1.82, 2.24) is 0 Å². The summed E-state index contributed by atoms with van der Waals surface area (Å²) in [7, 11) is 0. The smallest absolute Gasteiger partial charge is 0.389 e. The van der Waals surface area contributed by atoms with Crippen LogP contribution in [0.4, 0.5) is 18.9 Å². The number of halogens is 3. The molecule has 21 heavy (non-hydrogen) atoms. The maximum Gasteiger partial charge on any atom is 0.417 e. The van der Waals surface area contributed by atoms with Crippen molar-refractivity contribution in [3.63, 3.8) is 0 Å². The molecule has 1 aliphatic rings. The van der Waals surface area contributed by atoms with Crippen LogP contribution >= 0.6 is 12.2 Å². The second kappa shape index (κ2) is 5.83. The molecule has 2 rings (SSSR count). The number of rotatable bonds is 5. The maximum atomic E-state index is 12.9. The molecule has 0 saturated heterocycles. The normalized spacial score (nSPS) is 17.1. The molecule has 0 unspecified atom stereocenters. The van der Waals surface area contributed by atoms with Gasteiger partial charge < -0.3 is 11.1 Å². The van der Waals surface area contributed by atoms with E-state index >= 15 is 0 Å². The van der Waals surface area contributed by atoms with Crippen LogP contribution in [0, 0.1) is 5.41 Å². The van der Waals surface area contributed by atoms with E-state index < -0.39 is 11.7 Å². The number of benzene rings is 1. The van der Waals surface area contributed by atoms with Gasteiger partial charge in [0.25, 0.3) is 0 Å². The first kappa shape index (κ1) is 16.1. The van der Waals surface area contributed by atoms with Crippen molar-refractivity contribution in [2.75, 3.05) is 11.9 Å². The van der Waals surface area contributed by atoms with Gasteiger partial charge in [-0.2, -0.15) is 13.2 Å². The van der Waals surface area contributed by atoms with E-state index in [0.717, 1.165) is 19.0 Å². The first-order valence-corrected chi connectivity index (χ1v) is 7.43. The predicted molar refractivity (Wildman–Crippen MR) is 82.4 cm³/mol. The Labute approximate surface area is 127 Å². The topological polar surface area (TPSA) is 38.0 Å². The molecular weight excluding hydrogens is 297 g/mol. The van der Waals surface area contributed by atoms with Gasteiger partial charge in [-0.1, -0.05) is 25.6 Å². The zero-order valence-corrected chi connectivity index (χ0v) is 12.7. The minimum absolute atomic E-state index is 0.123. The van der Waals surface area contributed by atoms with Gasteiger partial charge in [0.05, 0.1) is 5.56 Å². The predicted octanol–water partition coefficient (Wildman–Crippen LogP) is 4.33. The van der Waals surface area contributed by atoms with E-state index in [-0.39, 0.29) is 16.0 Å². The summed E-state index contributed by atoms with van der Waals surface area (Å²) < 4.78 is 38.7. The molecule has 6 heteroatoms. The summed E-state index contributed by atoms with van der Waals surface area (Å²) in [5.41, 5.74) is 5.44. The van der Waals surface area contributed by atoms with Crippen LogP contribution in [0.25, 0.3) is 0 Å². The van der Waals surface area contributed by atoms with Crippen molar-refractivity contribution < 1.29 is 13.2 Å². The van der Waals surface area contributed by atoms with Crippen LogP contribution in [0.1, 0.15) is 43.7 Å². The molecule has 0 bridgehead atoms. The highest BCUT2D eigenvalue weighted by atomic mass is 32.1. The van der Waals surface area contributed by atoms with Crippen molar-refractivity contribution in [1.29, 1.82) is 0 Å². The van der Waals surface area contributed by atoms with E-state index in [4.69, 9.17) is 18.0 Å². The minimum atomic E-state index is -4.45. The van der Waals surface area contributed by atoms with E-state index in [2.05, 4.69) is 12.2 Å². The van der Waals surface area contributed by atoms with Crippen LogP contribution in [-0.2, 0) is 6.18 Å². The number of nitrogens with two attached hydrogens (primary N) is 1. The third kappa shape index (κ3) is 3.48. The molecule has 0 aliphatic heterocycles. The lowest BCUT2D eigenvalue weighted by Crippen LogP contribution is -2.35. The standard InChI is InChI=1S/C15H19F3N2S/c1-2-14(6-3-7-14)9-20-10-4-5-12(15(16,17)18)11(8-10)13(19)21/h4-5,8,20H,2-3,6-7,9H2,1H3,(H2,19,21). The average Bonchev–Trinajstić information content (AvgIpc) is 2.36. The Balaban J connectivity index is 2.18. The molecule has 3 N–H and O–H groups in total. The van der Waals surface area contributed by atoms with Gasteiger partial charge in [-0.25, -0.2) is 0 Å². The van der Waals surface area contributed by atoms with Gasteiger partial charge in [-0.3, -0.25) is 0 Å². The molecular formula is C15H19F3N2S. The Morgan fingerprint density at radius 1 is 1.38 bits per heavy atom. The SMILES string of the molecule is CCC1(CNc2ccc(C(F)(F)F)c(C(N)=S)c2)CCC1. The largest absolute Gasteiger partial charge is 0.417 e. The minimum Gasteiger partial charge on any atom is -0.389 e. The monoisotopic (exact) mass is 316 g/mol. The third-order valence-electron chi connectivity index (χ3n) is 4.42. The number of anilines is 1. The van der Waals surface area contributed by atoms with Gasteiger partial charge in [0.1, 0.15) is 4.99 Å². The Bertz CT molecular complexity index is 531. The summed E-state index contributed by atoms with van der Waals surface area (Å²) in [4.78, 5) is -0.236. The molecule has 0 atom stereocenters. The Kier molecular flexibility index (Phi) is 4.46. The summed E-state index contributed by atoms with van der Waals surface area (Å²) in [6, 6.07) is 3.87. The fraction of sp³-hybridized carbons (Fsp3) is 0.533. The maximum absolute atomic E-state index is 12.9. The van der Waals surface area contributed by atoms with E-state index in [9.17, 15) is 13.2 Å². The molecule has 0 aromatic heterocycles. The molecule has 0 radical (unpaired) electrons. The number of thiocarbonyl (C=S) groups is 1. The van der Waals surface area contributed by atoms with E-state index in [1.165, 1.54) is 31.4 Å². The van der Waals surface area contributed by atoms with Gasteiger partial charge in [0, 0.05) is 17.8 Å². The molecule has 1 aliphatic carbocycles. The van der Waals surface area contributed by atoms with Crippen LogP contribution in [0.2, 0.25) is 0 Å². The van der Waals surface area contributed by atoms with E-state index in [1.807, 2.05) is 0 Å². The third-order valence-corrected chi connectivity index (χ3v) is 4.64. The van der Waals surface area contributed by atoms with Crippen molar-refractivity contribution in [2.45, 2.75) is 38.8 Å². The molecule has 1 aromatic rings. The average molecular weight is 316 g/mol. The zero-order valence-electron chi connectivity index (χ0n) is 11.9. The lowest BCUT2D eigenvalue weighted by atomic mass is 9.67. The second-order valence-electron chi connectivity index (χ2n) is 5.68. The quantitative estimate of drug-likeness (QED) is 0.794. The van der Waals surface area contributed by atoms with Gasteiger partial charge in [-0.15, -0.1) is 0 Å². The van der Waals surface area contributed by atoms with Crippen molar-refractivity contribution in [3.05, 3.63) is 29.3 Å². The second-order valence-corrected chi connectivity index (χ2v) is 6.12. The molecule has 1 aromatic carbocycles. The summed E-state index contributed by atoms with van der Waals surface area (Å²) in [6.45, 7) is 2.92. The van der Waals surface area contributed by atoms with Crippen LogP contribution in [-0.4, -0.2) is 11.5 Å². The Morgan fingerprint density at radius 2 is 2.05 bits per heavy atom. The molecule has 0 heterocycles. The summed E-state index contributed by atoms with van der Waals surface area (Å²) in [5, 5.41) is 3.23. The fourth-order valence-electron chi connectivity index (χ4n) is 2.73. The Hall–Kier alpha value is -1.30. The first-order chi connectivity index (χ1) is 9.77. The highest BCUT2D eigenvalue weighted by Crippen LogP contribution is 2.43. The van der Waals surface area contributed by atoms with Crippen LogP contribution in [0.5, 0.6) is 0 Å². The lowest BCUT2D eigenvalue weighted by Gasteiger charge is -2.41. The summed E-state index contributed by atoms with van der Waals surface area (Å²) >= 11 is 4.74. The first-order valence-electron chi connectivity index (χ1n) is 7.02. The van der Waals surface area contributed by atoms with E-state index in [1.54, 1.807) is 0 Å². The molecule has 2 nitrogen and oxygen atoms in total. The summed E-state index contributed by atoms with van der Waals surface area (Å²) in [5.74, 6) is 0. The van der Waals surface area contributed by atoms with Crippen LogP contribution < -0.4 is 11.1 Å². The van der Waals surface area contributed by atoms with E-state index in [0.29, 0.717) is 5.69 Å². The number of hydrogen-bond acceptors (Lipinski definition) is 2. The highest BCUT2D eigenvalue weighted by molar-refractivity contribution is 7.80.